The van der Waals surface area contributed by atoms with Gasteiger partial charge in [0.1, 0.15) is 0 Å². The first-order valence-corrected chi connectivity index (χ1v) is 15.4. The van der Waals surface area contributed by atoms with E-state index in [1.54, 1.807) is 0 Å². The minimum absolute atomic E-state index is 0.781. The summed E-state index contributed by atoms with van der Waals surface area (Å²) in [7, 11) is 0. The smallest absolute Gasteiger partial charge is 0.223 e. The number of rotatable bonds is 2. The molecular formula is C40H26N6. The second-order valence-corrected chi connectivity index (χ2v) is 11.8. The van der Waals surface area contributed by atoms with Crippen LogP contribution in [0.25, 0.3) is 83.0 Å². The Morgan fingerprint density at radius 1 is 0.435 bits per heavy atom. The maximum atomic E-state index is 6.04. The van der Waals surface area contributed by atoms with Crippen LogP contribution in [0.2, 0.25) is 0 Å². The number of para-hydroxylation sites is 6. The third kappa shape index (κ3) is 3.52. The molecule has 46 heavy (non-hydrogen) atoms. The van der Waals surface area contributed by atoms with Gasteiger partial charge in [0, 0.05) is 5.69 Å². The van der Waals surface area contributed by atoms with Crippen molar-refractivity contribution in [2.24, 2.45) is 0 Å². The highest BCUT2D eigenvalue weighted by atomic mass is 15.3. The van der Waals surface area contributed by atoms with Gasteiger partial charge < -0.3 is 5.73 Å². The summed E-state index contributed by atoms with van der Waals surface area (Å²) >= 11 is 0. The molecule has 2 N–H and O–H groups in total. The van der Waals surface area contributed by atoms with E-state index in [1.165, 1.54) is 16.2 Å². The van der Waals surface area contributed by atoms with E-state index in [1.807, 2.05) is 24.3 Å². The molecule has 0 amide bonds. The Balaban J connectivity index is 1.24. The SMILES string of the molecule is Nc1ccc2c(ccc3cc(-c4ccc(-n5c6nc7ccccc7n6c6ccccc6n6c7ccccc7nc56)cc4)ccc32)c1. The van der Waals surface area contributed by atoms with Crippen molar-refractivity contribution in [3.63, 3.8) is 0 Å². The number of imidazole rings is 2. The highest BCUT2D eigenvalue weighted by molar-refractivity contribution is 6.09. The van der Waals surface area contributed by atoms with Crippen LogP contribution in [0.5, 0.6) is 0 Å². The van der Waals surface area contributed by atoms with Gasteiger partial charge in [-0.15, -0.1) is 0 Å². The minimum atomic E-state index is 0.781. The molecule has 0 atom stereocenters. The normalized spacial score (nSPS) is 12.0. The van der Waals surface area contributed by atoms with Crippen LogP contribution in [-0.2, 0) is 0 Å². The lowest BCUT2D eigenvalue weighted by molar-refractivity contribution is 1.03. The van der Waals surface area contributed by atoms with E-state index in [-0.39, 0.29) is 0 Å². The number of anilines is 1. The Kier molecular flexibility index (Phi) is 5.05. The number of fused-ring (bicyclic) bond motifs is 12. The first kappa shape index (κ1) is 25.0. The maximum Gasteiger partial charge on any atom is 0.223 e. The summed E-state index contributed by atoms with van der Waals surface area (Å²) in [6, 6.07) is 51.0. The van der Waals surface area contributed by atoms with Crippen molar-refractivity contribution >= 4 is 71.9 Å². The molecule has 0 saturated carbocycles. The summed E-state index contributed by atoms with van der Waals surface area (Å²) in [6.07, 6.45) is 0. The van der Waals surface area contributed by atoms with Gasteiger partial charge in [0.2, 0.25) is 11.6 Å². The average molecular weight is 591 g/mol. The first-order chi connectivity index (χ1) is 22.7. The zero-order valence-electron chi connectivity index (χ0n) is 24.7. The monoisotopic (exact) mass is 590 g/mol. The zero-order valence-corrected chi connectivity index (χ0v) is 24.7. The van der Waals surface area contributed by atoms with Gasteiger partial charge >= 0.3 is 0 Å². The molecule has 0 aliphatic heterocycles. The lowest BCUT2D eigenvalue weighted by Gasteiger charge is -2.10. The van der Waals surface area contributed by atoms with Crippen molar-refractivity contribution in [2.45, 2.75) is 0 Å². The standard InChI is InChI=1S/C40H26N6/c41-29-18-22-32-28(24-29)14-13-27-23-26(17-21-31(27)32)25-15-19-30(20-16-25)44-39-42-33-7-1-3-9-35(33)45(39)37-11-5-6-12-38(37)46-36-10-4-2-8-34(36)43-40(44)46/h1-24H,41H2. The van der Waals surface area contributed by atoms with E-state index in [0.717, 1.165) is 72.5 Å². The molecule has 3 heterocycles. The second-order valence-electron chi connectivity index (χ2n) is 11.8. The molecule has 6 heteroatoms. The number of nitrogens with zero attached hydrogens (tertiary/aromatic N) is 5. The highest BCUT2D eigenvalue weighted by Crippen LogP contribution is 2.33. The van der Waals surface area contributed by atoms with Gasteiger partial charge in [-0.05, 0) is 99.4 Å². The fourth-order valence-corrected chi connectivity index (χ4v) is 7.04. The highest BCUT2D eigenvalue weighted by Gasteiger charge is 2.18. The van der Waals surface area contributed by atoms with E-state index < -0.39 is 0 Å². The Hall–Kier alpha value is -6.40. The van der Waals surface area contributed by atoms with Crippen LogP contribution < -0.4 is 5.73 Å². The average Bonchev–Trinajstić information content (AvgIpc) is 3.64. The van der Waals surface area contributed by atoms with E-state index in [0.29, 0.717) is 0 Å². The molecule has 0 saturated heterocycles. The minimum Gasteiger partial charge on any atom is -0.399 e. The molecule has 10 aromatic rings. The van der Waals surface area contributed by atoms with Gasteiger partial charge in [0.15, 0.2) is 0 Å². The van der Waals surface area contributed by atoms with Crippen molar-refractivity contribution in [2.75, 3.05) is 5.73 Å². The van der Waals surface area contributed by atoms with Crippen molar-refractivity contribution in [1.82, 2.24) is 23.3 Å². The summed E-state index contributed by atoms with van der Waals surface area (Å²) in [4.78, 5) is 10.4. The van der Waals surface area contributed by atoms with Crippen molar-refractivity contribution in [3.05, 3.63) is 146 Å². The molecule has 0 bridgehead atoms. The van der Waals surface area contributed by atoms with Gasteiger partial charge in [-0.2, -0.15) is 0 Å². The topological polar surface area (TPSA) is 65.5 Å². The zero-order chi connectivity index (χ0) is 30.4. The molecule has 0 unspecified atom stereocenters. The third-order valence-corrected chi connectivity index (χ3v) is 9.17. The van der Waals surface area contributed by atoms with Crippen LogP contribution in [0.3, 0.4) is 0 Å². The number of nitrogen functional groups attached to an aromatic ring is 1. The molecule has 0 spiro atoms. The summed E-state index contributed by atoms with van der Waals surface area (Å²) in [5.41, 5.74) is 16.2. The van der Waals surface area contributed by atoms with Gasteiger partial charge in [0.25, 0.3) is 0 Å². The molecule has 0 fully saturated rings. The number of hydrogen-bond acceptors (Lipinski definition) is 3. The number of hydrogen-bond donors (Lipinski definition) is 1. The van der Waals surface area contributed by atoms with E-state index in [9.17, 15) is 0 Å². The first-order valence-electron chi connectivity index (χ1n) is 15.4. The van der Waals surface area contributed by atoms with Crippen molar-refractivity contribution in [3.8, 4) is 16.8 Å². The Morgan fingerprint density at radius 3 is 1.54 bits per heavy atom. The van der Waals surface area contributed by atoms with Crippen LogP contribution in [0.15, 0.2) is 146 Å². The molecule has 0 radical (unpaired) electrons. The second kappa shape index (κ2) is 9.30. The quantitative estimate of drug-likeness (QED) is 0.161. The lowest BCUT2D eigenvalue weighted by Crippen LogP contribution is -2.02. The Bertz CT molecular complexity index is 2760. The van der Waals surface area contributed by atoms with Crippen LogP contribution in [-0.4, -0.2) is 23.3 Å². The maximum absolute atomic E-state index is 6.04. The number of benzene rings is 7. The number of aromatic nitrogens is 5. The van der Waals surface area contributed by atoms with Crippen molar-refractivity contribution in [1.29, 1.82) is 0 Å². The summed E-state index contributed by atoms with van der Waals surface area (Å²) in [5.74, 6) is 1.60. The molecule has 7 aromatic carbocycles. The summed E-state index contributed by atoms with van der Waals surface area (Å²) in [6.45, 7) is 0. The summed E-state index contributed by atoms with van der Waals surface area (Å²) < 4.78 is 6.69. The molecule has 10 rings (SSSR count). The van der Waals surface area contributed by atoms with Gasteiger partial charge in [0.05, 0.1) is 38.8 Å². The Labute approximate surface area is 262 Å². The van der Waals surface area contributed by atoms with Crippen LogP contribution in [0.4, 0.5) is 5.69 Å². The molecule has 0 aliphatic carbocycles. The molecule has 0 aliphatic rings. The van der Waals surface area contributed by atoms with Gasteiger partial charge in [-0.3, -0.25) is 8.80 Å². The largest absolute Gasteiger partial charge is 0.399 e. The molecule has 3 aromatic heterocycles. The van der Waals surface area contributed by atoms with Gasteiger partial charge in [-0.1, -0.05) is 78.9 Å². The third-order valence-electron chi connectivity index (χ3n) is 9.17. The van der Waals surface area contributed by atoms with Crippen LogP contribution >= 0.6 is 0 Å². The van der Waals surface area contributed by atoms with Crippen LogP contribution in [0, 0.1) is 0 Å². The lowest BCUT2D eigenvalue weighted by atomic mass is 9.97. The van der Waals surface area contributed by atoms with Crippen LogP contribution in [0.1, 0.15) is 0 Å². The Morgan fingerprint density at radius 2 is 0.935 bits per heavy atom. The molecule has 6 nitrogen and oxygen atoms in total. The molecule has 216 valence electrons. The van der Waals surface area contributed by atoms with E-state index in [4.69, 9.17) is 15.7 Å². The fraction of sp³-hybridized carbons (Fsp3) is 0. The molecular weight excluding hydrogens is 564 g/mol. The van der Waals surface area contributed by atoms with Gasteiger partial charge in [-0.25, -0.2) is 14.5 Å². The van der Waals surface area contributed by atoms with E-state index in [2.05, 4.69) is 135 Å². The van der Waals surface area contributed by atoms with Crippen molar-refractivity contribution < 1.29 is 0 Å². The predicted octanol–water partition coefficient (Wildman–Crippen LogP) is 9.35. The predicted molar refractivity (Wildman–Crippen MR) is 189 cm³/mol. The fourth-order valence-electron chi connectivity index (χ4n) is 7.04. The number of nitrogens with two attached hydrogens (primary N) is 1. The summed E-state index contributed by atoms with van der Waals surface area (Å²) in [5, 5.41) is 4.79. The van der Waals surface area contributed by atoms with E-state index >= 15 is 0 Å².